The Labute approximate surface area is 467 Å². The first-order valence-electron chi connectivity index (χ1n) is 28.5. The van der Waals surface area contributed by atoms with E-state index in [2.05, 4.69) is 19.9 Å². The first kappa shape index (κ1) is 63.0. The van der Waals surface area contributed by atoms with Crippen molar-refractivity contribution in [1.29, 1.82) is 0 Å². The number of carboxylic acid groups (broad SMARTS) is 1. The molecule has 2 heterocycles. The topological polar surface area (TPSA) is 359 Å². The standard InChI is InChI=1S/C58H90O22/c1-12-25(3)49(72)79-46-47(80-50(73)26(4)13-2)58(24-61)29(21-53(46,5)6)28-14-15-33-55(9)18-17-34(54(7,8)32(55)16-19-56(33,10)57(28,11)44(68)45(58)69)76-52-43(74-30-20-27(22-59)35(62)38(65)36(30)63)41(40(67)42(78-52)48(70)71)77-51-39(66)37(64)31(23-60)75-51/h12-14,27,29-47,51-52,59-69H,15-24H2,1-11H3,(H,70,71)/t27?,29?,30-,31+,32?,33?,34+,35+,36?,37-,38-,39?,40+,41-,42?,43?,44+,45-,46+,47+,51+,52-,55+,56-,57+,58+/m1/s1. The van der Waals surface area contributed by atoms with Crippen molar-refractivity contribution in [2.75, 3.05) is 19.8 Å². The number of carbonyl (C=O) groups is 3. The van der Waals surface area contributed by atoms with E-state index in [1.165, 1.54) is 0 Å². The molecule has 0 aromatic rings. The van der Waals surface area contributed by atoms with Gasteiger partial charge in [-0.1, -0.05) is 72.3 Å². The summed E-state index contributed by atoms with van der Waals surface area (Å²) >= 11 is 0. The molecule has 7 fully saturated rings. The minimum Gasteiger partial charge on any atom is -0.479 e. The minimum atomic E-state index is -2.07. The van der Waals surface area contributed by atoms with Crippen molar-refractivity contribution in [2.45, 2.75) is 231 Å². The maximum atomic E-state index is 13.9. The van der Waals surface area contributed by atoms with Gasteiger partial charge in [0.25, 0.3) is 0 Å². The number of allylic oxidation sites excluding steroid dienone is 3. The van der Waals surface area contributed by atoms with Crippen LogP contribution in [0.15, 0.2) is 34.9 Å². The van der Waals surface area contributed by atoms with Crippen LogP contribution in [0.4, 0.5) is 0 Å². The van der Waals surface area contributed by atoms with E-state index >= 15 is 0 Å². The Kier molecular flexibility index (Phi) is 17.9. The van der Waals surface area contributed by atoms with Crippen LogP contribution >= 0.6 is 0 Å². The van der Waals surface area contributed by atoms with Gasteiger partial charge in [-0.05, 0) is 107 Å². The summed E-state index contributed by atoms with van der Waals surface area (Å²) in [6.45, 7) is 18.8. The summed E-state index contributed by atoms with van der Waals surface area (Å²) in [7, 11) is 0. The molecule has 0 aromatic carbocycles. The quantitative estimate of drug-likeness (QED) is 0.0498. The molecular weight excluding hydrogens is 1050 g/mol. The van der Waals surface area contributed by atoms with Gasteiger partial charge in [-0.25, -0.2) is 14.4 Å². The third kappa shape index (κ3) is 9.77. The van der Waals surface area contributed by atoms with Crippen LogP contribution in [0.5, 0.6) is 0 Å². The Hall–Kier alpha value is -3.01. The average Bonchev–Trinajstić information content (AvgIpc) is 3.72. The van der Waals surface area contributed by atoms with Crippen molar-refractivity contribution < 1.29 is 109 Å². The lowest BCUT2D eigenvalue weighted by Crippen LogP contribution is -2.76. The van der Waals surface area contributed by atoms with Crippen molar-refractivity contribution in [2.24, 2.45) is 56.2 Å². The summed E-state index contributed by atoms with van der Waals surface area (Å²) in [6.07, 6.45) is -20.9. The van der Waals surface area contributed by atoms with E-state index in [0.29, 0.717) is 37.7 Å². The SMILES string of the molecule is CC=C(C)C(=O)O[C@H]1[C@H](OC(=O)C(C)=CC)[C@@]2(CO)C(CC1(C)C)C1=CCC3[C@@]4(C)CC[C@H](O[C@@H]5OC(C(=O)O)[C@@H](O)[C@@H](O[C@@H]6O[C@@H](CO)[C@@H](O)C6O)C5O[C@@H]5CC(CO)[C@H](O)[C@@H](O)C5O)C(C)(C)C4CC[C@@]3(C)[C@]1(C)[C@@H](O)[C@H]2O. The first-order chi connectivity index (χ1) is 37.3. The largest absolute Gasteiger partial charge is 0.479 e. The molecule has 22 nitrogen and oxygen atoms in total. The number of aliphatic carboxylic acids is 1. The molecule has 5 saturated carbocycles. The highest BCUT2D eigenvalue weighted by atomic mass is 16.8. The molecule has 6 aliphatic carbocycles. The highest BCUT2D eigenvalue weighted by Gasteiger charge is 2.76. The fourth-order valence-corrected chi connectivity index (χ4v) is 16.7. The second kappa shape index (κ2) is 22.8. The Bertz CT molecular complexity index is 2390. The van der Waals surface area contributed by atoms with Crippen LogP contribution in [0, 0.1) is 56.2 Å². The van der Waals surface area contributed by atoms with E-state index in [1.807, 2.05) is 34.6 Å². The van der Waals surface area contributed by atoms with Crippen molar-refractivity contribution in [3.63, 3.8) is 0 Å². The molecule has 454 valence electrons. The van der Waals surface area contributed by atoms with Crippen LogP contribution in [0.25, 0.3) is 0 Å². The second-order valence-electron chi connectivity index (χ2n) is 26.5. The lowest BCUT2D eigenvalue weighted by atomic mass is 9.32. The van der Waals surface area contributed by atoms with E-state index in [9.17, 15) is 75.7 Å². The first-order valence-corrected chi connectivity index (χ1v) is 28.5. The number of esters is 2. The second-order valence-corrected chi connectivity index (χ2v) is 26.5. The molecule has 0 aromatic heterocycles. The number of carboxylic acids is 1. The maximum Gasteiger partial charge on any atom is 0.335 e. The van der Waals surface area contributed by atoms with Crippen molar-refractivity contribution in [3.8, 4) is 0 Å². The zero-order chi connectivity index (χ0) is 59.3. The molecule has 26 atom stereocenters. The molecule has 0 radical (unpaired) electrons. The van der Waals surface area contributed by atoms with Crippen LogP contribution in [-0.4, -0.2) is 209 Å². The molecular formula is C58H90O22. The van der Waals surface area contributed by atoms with E-state index < -0.39 is 192 Å². The van der Waals surface area contributed by atoms with Gasteiger partial charge in [0.2, 0.25) is 0 Å². The molecule has 12 N–H and O–H groups in total. The monoisotopic (exact) mass is 1140 g/mol. The van der Waals surface area contributed by atoms with Gasteiger partial charge in [-0.15, -0.1) is 0 Å². The third-order valence-electron chi connectivity index (χ3n) is 21.9. The van der Waals surface area contributed by atoms with Crippen molar-refractivity contribution in [3.05, 3.63) is 34.9 Å². The van der Waals surface area contributed by atoms with Gasteiger partial charge in [-0.2, -0.15) is 0 Å². The van der Waals surface area contributed by atoms with Crippen molar-refractivity contribution in [1.82, 2.24) is 0 Å². The Morgan fingerprint density at radius 1 is 0.675 bits per heavy atom. The van der Waals surface area contributed by atoms with Gasteiger partial charge < -0.3 is 94.4 Å². The predicted molar refractivity (Wildman–Crippen MR) is 280 cm³/mol. The molecule has 8 rings (SSSR count). The summed E-state index contributed by atoms with van der Waals surface area (Å²) in [5.41, 5.74) is -4.29. The van der Waals surface area contributed by atoms with Crippen LogP contribution in [0.1, 0.15) is 121 Å². The number of rotatable bonds is 14. The number of ether oxygens (including phenoxy) is 7. The summed E-state index contributed by atoms with van der Waals surface area (Å²) in [5.74, 6) is -4.91. The van der Waals surface area contributed by atoms with E-state index in [-0.39, 0.29) is 30.3 Å². The van der Waals surface area contributed by atoms with Gasteiger partial charge in [0, 0.05) is 34.5 Å². The van der Waals surface area contributed by atoms with Crippen molar-refractivity contribution >= 4 is 17.9 Å². The molecule has 80 heavy (non-hydrogen) atoms. The lowest BCUT2D eigenvalue weighted by Gasteiger charge is -2.73. The zero-order valence-electron chi connectivity index (χ0n) is 48.0. The van der Waals surface area contributed by atoms with Crippen LogP contribution in [-0.2, 0) is 47.5 Å². The summed E-state index contributed by atoms with van der Waals surface area (Å²) in [5, 5.41) is 135. The molecule has 2 saturated heterocycles. The summed E-state index contributed by atoms with van der Waals surface area (Å²) < 4.78 is 43.8. The fourth-order valence-electron chi connectivity index (χ4n) is 16.7. The average molecular weight is 1140 g/mol. The maximum absolute atomic E-state index is 13.9. The molecule has 0 bridgehead atoms. The summed E-state index contributed by atoms with van der Waals surface area (Å²) in [4.78, 5) is 40.4. The molecule has 2 aliphatic heterocycles. The zero-order valence-corrected chi connectivity index (χ0v) is 48.0. The Morgan fingerprint density at radius 3 is 1.86 bits per heavy atom. The third-order valence-corrected chi connectivity index (χ3v) is 21.9. The molecule has 0 spiro atoms. The number of aliphatic hydroxyl groups is 11. The van der Waals surface area contributed by atoms with Crippen LogP contribution in [0.3, 0.4) is 0 Å². The van der Waals surface area contributed by atoms with Crippen LogP contribution in [0.2, 0.25) is 0 Å². The number of aliphatic hydroxyl groups excluding tert-OH is 11. The Balaban J connectivity index is 1.14. The van der Waals surface area contributed by atoms with E-state index in [4.69, 9.17) is 33.2 Å². The molecule has 8 aliphatic rings. The molecule has 0 amide bonds. The minimum absolute atomic E-state index is 0.132. The lowest BCUT2D eigenvalue weighted by molar-refractivity contribution is -0.360. The van der Waals surface area contributed by atoms with E-state index in [1.54, 1.807) is 39.8 Å². The van der Waals surface area contributed by atoms with Gasteiger partial charge in [0.1, 0.15) is 54.9 Å². The normalized spacial score (nSPS) is 49.0. The smallest absolute Gasteiger partial charge is 0.335 e. The molecule has 8 unspecified atom stereocenters. The molecule has 22 heteroatoms. The van der Waals surface area contributed by atoms with Gasteiger partial charge in [0.05, 0.1) is 49.1 Å². The van der Waals surface area contributed by atoms with E-state index in [0.717, 1.165) is 5.57 Å². The van der Waals surface area contributed by atoms with Crippen LogP contribution < -0.4 is 0 Å². The number of hydrogen-bond donors (Lipinski definition) is 12. The van der Waals surface area contributed by atoms with Gasteiger partial charge in [-0.3, -0.25) is 0 Å². The summed E-state index contributed by atoms with van der Waals surface area (Å²) in [6, 6.07) is 0. The highest BCUT2D eigenvalue weighted by Crippen LogP contribution is 2.76. The highest BCUT2D eigenvalue weighted by molar-refractivity contribution is 5.89. The Morgan fingerprint density at radius 2 is 1.30 bits per heavy atom. The van der Waals surface area contributed by atoms with Gasteiger partial charge in [0.15, 0.2) is 24.8 Å². The number of carbonyl (C=O) groups excluding carboxylic acids is 2. The number of hydrogen-bond acceptors (Lipinski definition) is 21. The fraction of sp³-hybridized carbons (Fsp3) is 0.845. The van der Waals surface area contributed by atoms with Gasteiger partial charge >= 0.3 is 17.9 Å². The number of fused-ring (bicyclic) bond motifs is 7. The predicted octanol–water partition coefficient (Wildman–Crippen LogP) is 0.926.